The van der Waals surface area contributed by atoms with Gasteiger partial charge in [0.1, 0.15) is 35.2 Å². The van der Waals surface area contributed by atoms with Crippen molar-refractivity contribution in [2.24, 2.45) is 0 Å². The number of aliphatic carboxylic acids is 1. The third-order valence-electron chi connectivity index (χ3n) is 9.10. The summed E-state index contributed by atoms with van der Waals surface area (Å²) in [5, 5.41) is 25.3. The summed E-state index contributed by atoms with van der Waals surface area (Å²) in [7, 11) is -7.45. The van der Waals surface area contributed by atoms with Crippen LogP contribution >= 0.6 is 19.6 Å². The lowest BCUT2D eigenvalue weighted by Gasteiger charge is -2.29. The van der Waals surface area contributed by atoms with E-state index in [2.05, 4.69) is 16.1 Å². The van der Waals surface area contributed by atoms with E-state index in [-0.39, 0.29) is 53.9 Å². The highest BCUT2D eigenvalue weighted by Crippen LogP contribution is 2.44. The van der Waals surface area contributed by atoms with Crippen LogP contribution in [0.4, 0.5) is 5.69 Å². The summed E-state index contributed by atoms with van der Waals surface area (Å²) in [5.74, 6) is -1.53. The third kappa shape index (κ3) is 11.3. The zero-order chi connectivity index (χ0) is 40.5. The smallest absolute Gasteiger partial charge is 0.254 e. The molecule has 17 nitrogen and oxygen atoms in total. The first-order valence-corrected chi connectivity index (χ1v) is 21.5. The van der Waals surface area contributed by atoms with Crippen LogP contribution in [-0.2, 0) is 38.1 Å². The van der Waals surface area contributed by atoms with Crippen LogP contribution in [-0.4, -0.2) is 106 Å². The molecule has 0 N–H and O–H groups in total. The Kier molecular flexibility index (Phi) is 15.0. The molecule has 0 radical (unpaired) electrons. The van der Waals surface area contributed by atoms with Gasteiger partial charge in [-0.15, -0.1) is 0 Å². The summed E-state index contributed by atoms with van der Waals surface area (Å²) in [6, 6.07) is 14.4. The third-order valence-corrected chi connectivity index (χ3v) is 11.7. The van der Waals surface area contributed by atoms with Gasteiger partial charge in [-0.25, -0.2) is 17.6 Å². The molecule has 2 aromatic carbocycles. The molecule has 1 amide bonds. The number of carboxylic acids is 1. The van der Waals surface area contributed by atoms with Crippen molar-refractivity contribution in [2.45, 2.75) is 25.7 Å². The van der Waals surface area contributed by atoms with Gasteiger partial charge in [0.25, 0.3) is 5.91 Å². The minimum Gasteiger partial charge on any atom is -0.775 e. The first-order valence-electron chi connectivity index (χ1n) is 17.5. The largest absolute Gasteiger partial charge is 0.775 e. The summed E-state index contributed by atoms with van der Waals surface area (Å²) >= 11 is 0.826. The monoisotopic (exact) mass is 833 g/mol. The number of carbonyl (C=O) groups excluding carboxylic acids is 2. The Morgan fingerprint density at radius 2 is 1.79 bits per heavy atom. The van der Waals surface area contributed by atoms with Gasteiger partial charge in [-0.1, -0.05) is 6.42 Å². The second-order valence-corrected chi connectivity index (χ2v) is 17.0. The minimum atomic E-state index is -4.73. The van der Waals surface area contributed by atoms with Crippen LogP contribution in [0.5, 0.6) is 0 Å². The van der Waals surface area contributed by atoms with E-state index in [4.69, 9.17) is 13.7 Å². The number of benzene rings is 3. The van der Waals surface area contributed by atoms with Gasteiger partial charge in [-0.05, 0) is 55.2 Å². The van der Waals surface area contributed by atoms with E-state index in [0.29, 0.717) is 84.8 Å². The Morgan fingerprint density at radius 3 is 2.50 bits per heavy atom. The quantitative estimate of drug-likeness (QED) is 0.0143. The standard InChI is InChI=1S/C36H42N3O14PS2/c1-37(15-20-55-53-52-43)25-7-10-29-32(22-25)51-33-23-26(38(2)16-21-56(46,47)48)8-11-30(33)35(29)31-24-27(54(44,45)50-17-5-3-4-6-34(40)41)9-12-28(31)36(42)39-13-18-49-19-14-39/h7-12,22-24H,2-6,13-21H2,1H3,(H2-2,40,41,43,44,45,46,47,48)/p-2. The fraction of sp³-hybridized carbons (Fsp3) is 0.389. The average molecular weight is 834 g/mol. The number of fused-ring (bicyclic) bond motifs is 2. The lowest BCUT2D eigenvalue weighted by atomic mass is 9.90. The summed E-state index contributed by atoms with van der Waals surface area (Å²) in [4.78, 5) is 40.2. The fourth-order valence-corrected chi connectivity index (χ4v) is 8.10. The van der Waals surface area contributed by atoms with Crippen molar-refractivity contribution < 1.29 is 70.0 Å². The molecule has 0 aromatic heterocycles. The number of amides is 1. The molecule has 5 rings (SSSR count). The van der Waals surface area contributed by atoms with E-state index in [0.717, 1.165) is 12.0 Å². The predicted molar refractivity (Wildman–Crippen MR) is 199 cm³/mol. The zero-order valence-corrected chi connectivity index (χ0v) is 32.9. The molecule has 1 saturated heterocycles. The molecule has 2 aromatic rings. The maximum atomic E-state index is 14.2. The Bertz CT molecular complexity index is 2270. The van der Waals surface area contributed by atoms with Crippen LogP contribution < -0.4 is 30.5 Å². The van der Waals surface area contributed by atoms with Crippen molar-refractivity contribution in [2.75, 3.05) is 64.6 Å². The van der Waals surface area contributed by atoms with E-state index in [1.165, 1.54) is 22.8 Å². The van der Waals surface area contributed by atoms with E-state index in [1.807, 2.05) is 17.7 Å². The van der Waals surface area contributed by atoms with Gasteiger partial charge < -0.3 is 47.7 Å². The molecular formula is C36H40N3O14PS2-2. The first kappa shape index (κ1) is 43.1. The Labute approximate surface area is 327 Å². The highest BCUT2D eigenvalue weighted by atomic mass is 32.2. The van der Waals surface area contributed by atoms with Gasteiger partial charge in [0.05, 0.1) is 43.5 Å². The highest BCUT2D eigenvalue weighted by molar-refractivity contribution is 7.94. The fourth-order valence-electron chi connectivity index (χ4n) is 6.14. The van der Waals surface area contributed by atoms with Crippen molar-refractivity contribution in [3.05, 3.63) is 65.5 Å². The minimum absolute atomic E-state index is 0.150. The molecule has 0 saturated carbocycles. The summed E-state index contributed by atoms with van der Waals surface area (Å²) in [5.41, 5.74) is 2.13. The molecule has 0 bridgehead atoms. The van der Waals surface area contributed by atoms with Gasteiger partial charge in [-0.2, -0.15) is 4.33 Å². The Balaban J connectivity index is 1.69. The SMILES string of the molecule is C=[N+](CCS(=O)(=O)[O-])c1ccc2c(-c3cc(P(=O)([O-])OCCCCCC(=O)[O-])ccc3C(=O)N3CCOCC3)c3ccc(=[N+](C)CCSOO[O-])cc-3oc2c1. The maximum Gasteiger partial charge on any atom is 0.254 e. The molecule has 302 valence electrons. The van der Waals surface area contributed by atoms with E-state index in [1.54, 1.807) is 35.2 Å². The molecule has 2 heterocycles. The number of unbranched alkanes of at least 4 members (excludes halogenated alkanes) is 2. The number of ether oxygens (including phenoxy) is 1. The Hall–Kier alpha value is -4.01. The molecule has 3 aliphatic rings. The van der Waals surface area contributed by atoms with Crippen molar-refractivity contribution in [3.63, 3.8) is 0 Å². The second kappa shape index (κ2) is 19.4. The second-order valence-electron chi connectivity index (χ2n) is 12.9. The van der Waals surface area contributed by atoms with Crippen LogP contribution in [0, 0.1) is 0 Å². The molecule has 20 heteroatoms. The van der Waals surface area contributed by atoms with Crippen molar-refractivity contribution in [1.82, 2.24) is 9.48 Å². The number of carbonyl (C=O) groups is 2. The average Bonchev–Trinajstić information content (AvgIpc) is 3.17. The van der Waals surface area contributed by atoms with Crippen LogP contribution in [0.2, 0.25) is 0 Å². The summed E-state index contributed by atoms with van der Waals surface area (Å²) in [6.45, 7) is 5.20. The summed E-state index contributed by atoms with van der Waals surface area (Å²) < 4.78 is 72.6. The van der Waals surface area contributed by atoms with Crippen molar-refractivity contribution >= 4 is 70.3 Å². The van der Waals surface area contributed by atoms with Crippen molar-refractivity contribution in [1.29, 1.82) is 0 Å². The van der Waals surface area contributed by atoms with Gasteiger partial charge in [0.2, 0.25) is 11.0 Å². The lowest BCUT2D eigenvalue weighted by molar-refractivity contribution is -0.777. The molecule has 1 aliphatic carbocycles. The van der Waals surface area contributed by atoms with E-state index >= 15 is 0 Å². The number of nitrogens with zero attached hydrogens (tertiary/aromatic N) is 3. The number of hydrogen-bond donors (Lipinski definition) is 0. The lowest BCUT2D eigenvalue weighted by Crippen LogP contribution is -2.41. The van der Waals surface area contributed by atoms with Crippen LogP contribution in [0.3, 0.4) is 0 Å². The normalized spacial score (nSPS) is 15.2. The highest BCUT2D eigenvalue weighted by Gasteiger charge is 2.28. The molecule has 1 unspecified atom stereocenters. The van der Waals surface area contributed by atoms with Crippen LogP contribution in [0.25, 0.3) is 33.4 Å². The zero-order valence-electron chi connectivity index (χ0n) is 30.4. The molecule has 1 fully saturated rings. The van der Waals surface area contributed by atoms with Gasteiger partial charge in [0, 0.05) is 70.6 Å². The maximum absolute atomic E-state index is 14.2. The molecular weight excluding hydrogens is 794 g/mol. The number of morpholine rings is 1. The van der Waals surface area contributed by atoms with Gasteiger partial charge in [-0.3, -0.25) is 9.83 Å². The number of hydrogen-bond acceptors (Lipinski definition) is 15. The number of carboxylic acid groups (broad SMARTS) is 1. The van der Waals surface area contributed by atoms with E-state index in [9.17, 15) is 42.4 Å². The molecule has 56 heavy (non-hydrogen) atoms. The van der Waals surface area contributed by atoms with Gasteiger partial charge >= 0.3 is 0 Å². The van der Waals surface area contributed by atoms with E-state index < -0.39 is 29.4 Å². The topological polar surface area (TPSA) is 237 Å². The van der Waals surface area contributed by atoms with Crippen molar-refractivity contribution in [3.8, 4) is 22.5 Å². The predicted octanol–water partition coefficient (Wildman–Crippen LogP) is 0.346. The number of rotatable bonds is 19. The molecule has 1 atom stereocenters. The van der Waals surface area contributed by atoms with Crippen LogP contribution in [0.1, 0.15) is 36.0 Å². The van der Waals surface area contributed by atoms with Gasteiger partial charge in [0.15, 0.2) is 20.7 Å². The van der Waals surface area contributed by atoms with Crippen LogP contribution in [0.15, 0.2) is 59.0 Å². The molecule has 0 spiro atoms. The Morgan fingerprint density at radius 1 is 1.02 bits per heavy atom. The molecule has 2 aliphatic heterocycles. The summed E-state index contributed by atoms with van der Waals surface area (Å²) in [6.07, 6.45) is 0.859. The first-order chi connectivity index (χ1) is 26.7.